The third kappa shape index (κ3) is 3.58. The fraction of sp³-hybridized carbons (Fsp3) is 0.556. The maximum Gasteiger partial charge on any atom is 0.362 e. The summed E-state index contributed by atoms with van der Waals surface area (Å²) in [6.45, 7) is 7.13. The van der Waals surface area contributed by atoms with Crippen LogP contribution in [0.15, 0.2) is 4.79 Å². The number of aromatic hydroxyl groups is 1. The van der Waals surface area contributed by atoms with Crippen molar-refractivity contribution < 1.29 is 23.8 Å². The Labute approximate surface area is 160 Å². The molecule has 0 aliphatic heterocycles. The van der Waals surface area contributed by atoms with Crippen LogP contribution in [0.2, 0.25) is 0 Å². The molecule has 2 aromatic heterocycles. The third-order valence-electron chi connectivity index (χ3n) is 4.19. The molecular formula is C18H23FN4O5. The van der Waals surface area contributed by atoms with E-state index in [9.17, 15) is 23.9 Å². The summed E-state index contributed by atoms with van der Waals surface area (Å²) in [5.74, 6) is -3.55. The smallest absolute Gasteiger partial charge is 0.362 e. The van der Waals surface area contributed by atoms with Crippen LogP contribution in [0.1, 0.15) is 61.4 Å². The van der Waals surface area contributed by atoms with Crippen LogP contribution in [0.25, 0.3) is 5.65 Å². The molecule has 2 N–H and O–H groups in total. The Morgan fingerprint density at radius 1 is 1.36 bits per heavy atom. The third-order valence-corrected chi connectivity index (χ3v) is 4.19. The zero-order valence-electron chi connectivity index (χ0n) is 16.2. The lowest BCUT2D eigenvalue weighted by molar-refractivity contribution is 0.0513. The number of hydrogen-bond acceptors (Lipinski definition) is 6. The number of fused-ring (bicyclic) bond motifs is 1. The van der Waals surface area contributed by atoms with Gasteiger partial charge in [0.1, 0.15) is 0 Å². The lowest BCUT2D eigenvalue weighted by Gasteiger charge is -2.23. The molecule has 152 valence electrons. The van der Waals surface area contributed by atoms with Crippen LogP contribution in [-0.2, 0) is 11.3 Å². The van der Waals surface area contributed by atoms with Gasteiger partial charge in [-0.05, 0) is 25.2 Å². The van der Waals surface area contributed by atoms with E-state index in [1.807, 2.05) is 20.8 Å². The van der Waals surface area contributed by atoms with Gasteiger partial charge in [-0.3, -0.25) is 14.2 Å². The first-order valence-corrected chi connectivity index (χ1v) is 9.07. The molecule has 28 heavy (non-hydrogen) atoms. The van der Waals surface area contributed by atoms with E-state index in [0.29, 0.717) is 4.52 Å². The average molecular weight is 394 g/mol. The monoisotopic (exact) mass is 394 g/mol. The van der Waals surface area contributed by atoms with Gasteiger partial charge >= 0.3 is 5.97 Å². The van der Waals surface area contributed by atoms with E-state index in [-0.39, 0.29) is 19.2 Å². The Morgan fingerprint density at radius 2 is 2.00 bits per heavy atom. The van der Waals surface area contributed by atoms with E-state index >= 15 is 0 Å². The molecule has 0 unspecified atom stereocenters. The standard InChI is InChI=1S/C18H23FN4O5/c1-5-28-17(27)12-11(19)14-22(8-18(2,3)4)15(25)10(16(26)23(14)21-12)13(24)20-9-6-7-9/h9,25H,5-8H2,1-4H3,(H,20,24). The van der Waals surface area contributed by atoms with Crippen molar-refractivity contribution in [3.05, 3.63) is 27.4 Å². The van der Waals surface area contributed by atoms with Crippen LogP contribution in [-0.4, -0.2) is 43.8 Å². The molecule has 1 aliphatic rings. The number of amides is 1. The summed E-state index contributed by atoms with van der Waals surface area (Å²) in [5, 5.41) is 17.1. The van der Waals surface area contributed by atoms with Gasteiger partial charge in [-0.2, -0.15) is 9.61 Å². The van der Waals surface area contributed by atoms with Crippen molar-refractivity contribution in [2.45, 2.75) is 53.1 Å². The largest absolute Gasteiger partial charge is 0.494 e. The summed E-state index contributed by atoms with van der Waals surface area (Å²) in [6.07, 6.45) is 1.57. The molecule has 2 heterocycles. The summed E-state index contributed by atoms with van der Waals surface area (Å²) < 4.78 is 21.5. The van der Waals surface area contributed by atoms with Crippen molar-refractivity contribution in [2.75, 3.05) is 6.61 Å². The highest BCUT2D eigenvalue weighted by atomic mass is 19.1. The van der Waals surface area contributed by atoms with Crippen molar-refractivity contribution in [1.82, 2.24) is 19.5 Å². The first-order valence-electron chi connectivity index (χ1n) is 9.07. The second-order valence-corrected chi connectivity index (χ2v) is 8.02. The van der Waals surface area contributed by atoms with Gasteiger partial charge in [0, 0.05) is 12.6 Å². The molecule has 0 aromatic carbocycles. The second-order valence-electron chi connectivity index (χ2n) is 8.02. The number of carbonyl (C=O) groups is 2. The number of nitrogens with zero attached hydrogens (tertiary/aromatic N) is 3. The molecule has 1 fully saturated rings. The summed E-state index contributed by atoms with van der Waals surface area (Å²) >= 11 is 0. The number of hydrogen-bond donors (Lipinski definition) is 2. The van der Waals surface area contributed by atoms with Crippen LogP contribution in [0, 0.1) is 11.2 Å². The Kier molecular flexibility index (Phi) is 4.90. The minimum atomic E-state index is -1.09. The zero-order valence-corrected chi connectivity index (χ0v) is 16.2. The number of nitrogens with one attached hydrogen (secondary N) is 1. The summed E-state index contributed by atoms with van der Waals surface area (Å²) in [7, 11) is 0. The molecule has 0 saturated heterocycles. The lowest BCUT2D eigenvalue weighted by atomic mass is 9.96. The van der Waals surface area contributed by atoms with E-state index < -0.39 is 51.5 Å². The highest BCUT2D eigenvalue weighted by molar-refractivity contribution is 5.97. The Morgan fingerprint density at radius 3 is 2.54 bits per heavy atom. The first kappa shape index (κ1) is 19.8. The predicted octanol–water partition coefficient (Wildman–Crippen LogP) is 1.46. The summed E-state index contributed by atoms with van der Waals surface area (Å²) in [5.41, 5.74) is -3.08. The molecular weight excluding hydrogens is 371 g/mol. The van der Waals surface area contributed by atoms with Crippen LogP contribution >= 0.6 is 0 Å². The van der Waals surface area contributed by atoms with E-state index in [0.717, 1.165) is 17.4 Å². The van der Waals surface area contributed by atoms with Crippen molar-refractivity contribution in [1.29, 1.82) is 0 Å². The molecule has 10 heteroatoms. The van der Waals surface area contributed by atoms with Crippen molar-refractivity contribution >= 4 is 17.5 Å². The number of esters is 1. The molecule has 9 nitrogen and oxygen atoms in total. The molecule has 0 radical (unpaired) electrons. The zero-order chi connectivity index (χ0) is 20.8. The molecule has 2 aromatic rings. The number of ether oxygens (including phenoxy) is 1. The maximum atomic E-state index is 15.0. The first-order chi connectivity index (χ1) is 13.0. The number of aromatic nitrogens is 3. The van der Waals surface area contributed by atoms with E-state index in [1.165, 1.54) is 0 Å². The van der Waals surface area contributed by atoms with Gasteiger partial charge in [0.25, 0.3) is 11.5 Å². The van der Waals surface area contributed by atoms with Crippen LogP contribution in [0.5, 0.6) is 5.88 Å². The van der Waals surface area contributed by atoms with Gasteiger partial charge in [-0.25, -0.2) is 9.18 Å². The van der Waals surface area contributed by atoms with Gasteiger partial charge in [0.2, 0.25) is 17.4 Å². The second kappa shape index (κ2) is 6.92. The molecule has 1 amide bonds. The number of carbonyl (C=O) groups excluding carboxylic acids is 2. The van der Waals surface area contributed by atoms with Gasteiger partial charge in [-0.15, -0.1) is 0 Å². The van der Waals surface area contributed by atoms with E-state index in [1.54, 1.807) is 6.92 Å². The molecule has 0 bridgehead atoms. The summed E-state index contributed by atoms with van der Waals surface area (Å²) in [6, 6.07) is -0.0532. The molecule has 1 saturated carbocycles. The fourth-order valence-electron chi connectivity index (χ4n) is 2.84. The van der Waals surface area contributed by atoms with Crippen LogP contribution < -0.4 is 10.9 Å². The molecule has 1 aliphatic carbocycles. The minimum Gasteiger partial charge on any atom is -0.494 e. The summed E-state index contributed by atoms with van der Waals surface area (Å²) in [4.78, 5) is 37.3. The van der Waals surface area contributed by atoms with Crippen LogP contribution in [0.3, 0.4) is 0 Å². The van der Waals surface area contributed by atoms with Crippen molar-refractivity contribution in [3.8, 4) is 5.88 Å². The quantitative estimate of drug-likeness (QED) is 0.742. The maximum absolute atomic E-state index is 15.0. The van der Waals surface area contributed by atoms with Gasteiger partial charge in [0.15, 0.2) is 11.2 Å². The van der Waals surface area contributed by atoms with Crippen molar-refractivity contribution in [3.63, 3.8) is 0 Å². The highest BCUT2D eigenvalue weighted by Gasteiger charge is 2.33. The predicted molar refractivity (Wildman–Crippen MR) is 97.0 cm³/mol. The van der Waals surface area contributed by atoms with Gasteiger partial charge in [0.05, 0.1) is 6.61 Å². The fourth-order valence-corrected chi connectivity index (χ4v) is 2.84. The average Bonchev–Trinajstić information content (AvgIpc) is 3.31. The minimum absolute atomic E-state index is 0.00133. The highest BCUT2D eigenvalue weighted by Crippen LogP contribution is 2.27. The Balaban J connectivity index is 2.29. The number of halogens is 1. The van der Waals surface area contributed by atoms with Gasteiger partial charge < -0.3 is 15.2 Å². The Hall–Kier alpha value is -2.91. The Bertz CT molecular complexity index is 1010. The lowest BCUT2D eigenvalue weighted by Crippen LogP contribution is -2.35. The molecule has 0 atom stereocenters. The van der Waals surface area contributed by atoms with Crippen LogP contribution in [0.4, 0.5) is 4.39 Å². The van der Waals surface area contributed by atoms with Gasteiger partial charge in [-0.1, -0.05) is 20.8 Å². The molecule has 0 spiro atoms. The van der Waals surface area contributed by atoms with E-state index in [4.69, 9.17) is 4.74 Å². The van der Waals surface area contributed by atoms with E-state index in [2.05, 4.69) is 10.4 Å². The number of rotatable bonds is 5. The SMILES string of the molecule is CCOC(=O)c1nn2c(=O)c(C(=O)NC3CC3)c(O)n(CC(C)(C)C)c2c1F. The normalized spacial score (nSPS) is 14.3. The molecule has 3 rings (SSSR count). The topological polar surface area (TPSA) is 115 Å². The van der Waals surface area contributed by atoms with Crippen molar-refractivity contribution in [2.24, 2.45) is 5.41 Å².